The van der Waals surface area contributed by atoms with Crippen LogP contribution in [0.25, 0.3) is 0 Å². The molecule has 0 aromatic carbocycles. The number of hydrogen-bond acceptors (Lipinski definition) is 23. The van der Waals surface area contributed by atoms with Crippen LogP contribution in [-0.2, 0) is 0 Å². The molecule has 125 heavy (non-hydrogen) atoms. The molecule has 5 aliphatic heterocycles. The molecule has 718 valence electrons. The first-order valence-electron chi connectivity index (χ1n) is 51.9. The van der Waals surface area contributed by atoms with Gasteiger partial charge in [-0.3, -0.25) is 0 Å². The summed E-state index contributed by atoms with van der Waals surface area (Å²) < 4.78 is 0. The van der Waals surface area contributed by atoms with Crippen LogP contribution in [0.15, 0.2) is 0 Å². The molecule has 8 rings (SSSR count). The van der Waals surface area contributed by atoms with Crippen molar-refractivity contribution in [2.45, 2.75) is 518 Å². The van der Waals surface area contributed by atoms with Gasteiger partial charge in [0.1, 0.15) is 0 Å². The van der Waals surface area contributed by atoms with Crippen LogP contribution < -0.4 is 70.7 Å². The molecule has 23 nitrogen and oxygen atoms in total. The second-order valence-electron chi connectivity index (χ2n) is 46.4. The molecule has 5 aliphatic rings. The highest BCUT2D eigenvalue weighted by molar-refractivity contribution is 5.52. The summed E-state index contributed by atoms with van der Waals surface area (Å²) in [6, 6.07) is 1.10. The van der Waals surface area contributed by atoms with Gasteiger partial charge in [0, 0.05) is 171 Å². The Morgan fingerprint density at radius 2 is 0.296 bits per heavy atom. The van der Waals surface area contributed by atoms with Crippen LogP contribution in [0.3, 0.4) is 0 Å². The molecule has 5 N–H and O–H groups in total. The predicted octanol–water partition coefficient (Wildman–Crippen LogP) is 21.8. The van der Waals surface area contributed by atoms with Crippen LogP contribution in [0.4, 0.5) is 53.5 Å². The van der Waals surface area contributed by atoms with Crippen molar-refractivity contribution in [2.24, 2.45) is 0 Å². The van der Waals surface area contributed by atoms with Crippen molar-refractivity contribution in [3.05, 3.63) is 0 Å². The van der Waals surface area contributed by atoms with Gasteiger partial charge >= 0.3 is 0 Å². The van der Waals surface area contributed by atoms with E-state index in [1.54, 1.807) is 0 Å². The van der Waals surface area contributed by atoms with Gasteiger partial charge in [-0.05, 0) is 286 Å². The van der Waals surface area contributed by atoms with Crippen molar-refractivity contribution >= 4 is 53.5 Å². The van der Waals surface area contributed by atoms with Gasteiger partial charge in [-0.1, -0.05) is 146 Å². The van der Waals surface area contributed by atoms with Crippen molar-refractivity contribution in [3.63, 3.8) is 0 Å². The second kappa shape index (κ2) is 47.4. The molecule has 0 radical (unpaired) electrons. The lowest BCUT2D eigenvalue weighted by Gasteiger charge is -2.51. The maximum absolute atomic E-state index is 6.12. The van der Waals surface area contributed by atoms with Crippen LogP contribution in [0.2, 0.25) is 0 Å². The summed E-state index contributed by atoms with van der Waals surface area (Å²) in [5.41, 5.74) is -0.918. The Morgan fingerprint density at radius 1 is 0.176 bits per heavy atom. The highest BCUT2D eigenvalue weighted by atomic mass is 15.4. The van der Waals surface area contributed by atoms with Crippen molar-refractivity contribution in [3.8, 4) is 0 Å². The fourth-order valence-corrected chi connectivity index (χ4v) is 23.1. The third-order valence-corrected chi connectivity index (χ3v) is 27.4. The zero-order valence-electron chi connectivity index (χ0n) is 86.6. The minimum Gasteiger partial charge on any atom is -0.341 e. The van der Waals surface area contributed by atoms with E-state index in [-0.39, 0.29) is 85.6 Å². The molecule has 5 saturated heterocycles. The molecule has 23 heteroatoms. The van der Waals surface area contributed by atoms with Gasteiger partial charge in [0.25, 0.3) is 0 Å². The smallest absolute Gasteiger partial charge is 0.232 e. The number of aromatic nitrogens is 9. The Labute approximate surface area is 767 Å². The predicted molar refractivity (Wildman–Crippen MR) is 538 cm³/mol. The van der Waals surface area contributed by atoms with E-state index in [0.29, 0.717) is 0 Å². The first-order chi connectivity index (χ1) is 58.8. The van der Waals surface area contributed by atoms with Crippen molar-refractivity contribution < 1.29 is 0 Å². The van der Waals surface area contributed by atoms with E-state index in [1.807, 2.05) is 0 Å². The molecule has 3 aromatic heterocycles. The quantitative estimate of drug-likeness (QED) is 0.0333. The Balaban J connectivity index is 1.20. The maximum Gasteiger partial charge on any atom is 0.232 e. The molecule has 8 heterocycles. The summed E-state index contributed by atoms with van der Waals surface area (Å²) >= 11 is 0. The third-order valence-electron chi connectivity index (χ3n) is 27.4. The van der Waals surface area contributed by atoms with E-state index in [0.717, 1.165) is 370 Å². The molecular formula is C102H195N23. The number of rotatable bonds is 55. The van der Waals surface area contributed by atoms with Crippen molar-refractivity contribution in [1.82, 2.24) is 71.4 Å². The summed E-state index contributed by atoms with van der Waals surface area (Å²) in [6.07, 6.45) is 38.4. The standard InChI is InChI=1S/C102H195N23/c1-30-39-56-117(57-40-31-2)84-103-85(118(58-41-32-3)59-42-33-4)106-88(105-84)122(80-71-95(14,15)113-96(16,17)72-80)65-52-48-50-54-67-124(82-75-99(22,23)115-100(24,25)76-82)91-109-90(121(64-47-38-9)79-69-93(10,11)112-94(12,13)70-79)110-92(111-91)125(83-77-101(26,27)116-102(28,29)78-83)68-55-51-49-53-66-123(81-73-97(18,19)114-98(20,21)74-81)89-107-86(119(60-43-34-5)61-44-35-6)104-87(108-89)120(62-45-36-7)63-46-37-8/h79-83,112-116H,30-78H2,1-29H3. The summed E-state index contributed by atoms with van der Waals surface area (Å²) in [5, 5.41) is 20.4. The maximum atomic E-state index is 6.12. The number of unbranched alkanes of at least 4 members (excludes halogenated alkanes) is 15. The normalized spacial score (nSPS) is 20.3. The summed E-state index contributed by atoms with van der Waals surface area (Å²) in [5.74, 6) is 7.70. The van der Waals surface area contributed by atoms with E-state index >= 15 is 0 Å². The molecule has 0 saturated carbocycles. The number of anilines is 9. The first-order valence-corrected chi connectivity index (χ1v) is 51.9. The van der Waals surface area contributed by atoms with Gasteiger partial charge in [-0.15, -0.1) is 0 Å². The van der Waals surface area contributed by atoms with Crippen LogP contribution in [0, 0.1) is 0 Å². The van der Waals surface area contributed by atoms with E-state index in [4.69, 9.17) is 44.9 Å². The van der Waals surface area contributed by atoms with Gasteiger partial charge in [0.15, 0.2) is 0 Å². The van der Waals surface area contributed by atoms with Gasteiger partial charge in [0.05, 0.1) is 0 Å². The van der Waals surface area contributed by atoms with Gasteiger partial charge < -0.3 is 70.7 Å². The summed E-state index contributed by atoms with van der Waals surface area (Å²) in [7, 11) is 0. The molecule has 0 amide bonds. The van der Waals surface area contributed by atoms with E-state index < -0.39 is 0 Å². The lowest BCUT2D eigenvalue weighted by Crippen LogP contribution is -2.63. The Hall–Kier alpha value is -4.97. The van der Waals surface area contributed by atoms with E-state index in [2.05, 4.69) is 271 Å². The zero-order chi connectivity index (χ0) is 91.8. The van der Waals surface area contributed by atoms with Crippen molar-refractivity contribution in [2.75, 3.05) is 129 Å². The number of nitrogens with one attached hydrogen (secondary N) is 5. The molecule has 5 fully saturated rings. The zero-order valence-corrected chi connectivity index (χ0v) is 86.6. The van der Waals surface area contributed by atoms with Crippen LogP contribution in [0.1, 0.15) is 432 Å². The number of nitrogens with zero attached hydrogens (tertiary/aromatic N) is 18. The average Bonchev–Trinajstić information content (AvgIpc) is 0.769. The second-order valence-corrected chi connectivity index (χ2v) is 46.4. The molecule has 0 unspecified atom stereocenters. The molecule has 0 atom stereocenters. The van der Waals surface area contributed by atoms with E-state index in [1.165, 1.54) is 0 Å². The number of hydrogen-bond donors (Lipinski definition) is 5. The lowest BCUT2D eigenvalue weighted by atomic mass is 9.79. The highest BCUT2D eigenvalue weighted by Gasteiger charge is 2.48. The Bertz CT molecular complexity index is 3220. The van der Waals surface area contributed by atoms with Crippen LogP contribution >= 0.6 is 0 Å². The van der Waals surface area contributed by atoms with Crippen LogP contribution in [0.5, 0.6) is 0 Å². The third kappa shape index (κ3) is 33.4. The van der Waals surface area contributed by atoms with Gasteiger partial charge in [-0.25, -0.2) is 0 Å². The molecule has 0 bridgehead atoms. The lowest BCUT2D eigenvalue weighted by molar-refractivity contribution is 0.155. The topological polar surface area (TPSA) is 205 Å². The fraction of sp³-hybridized carbons (Fsp3) is 0.912. The molecule has 3 aromatic rings. The van der Waals surface area contributed by atoms with Gasteiger partial charge in [-0.2, -0.15) is 44.9 Å². The van der Waals surface area contributed by atoms with E-state index in [9.17, 15) is 0 Å². The first kappa shape index (κ1) is 105. The average molecular weight is 1740 g/mol. The minimum atomic E-state index is -0.119. The largest absolute Gasteiger partial charge is 0.341 e. The number of piperidine rings is 5. The Kier molecular flexibility index (Phi) is 40.0. The monoisotopic (exact) mass is 1740 g/mol. The minimum absolute atomic E-state index is 0.0670. The summed E-state index contributed by atoms with van der Waals surface area (Å²) in [4.78, 5) is 75.3. The van der Waals surface area contributed by atoms with Crippen molar-refractivity contribution in [1.29, 1.82) is 0 Å². The fourth-order valence-electron chi connectivity index (χ4n) is 23.1. The van der Waals surface area contributed by atoms with Gasteiger partial charge in [0.2, 0.25) is 53.5 Å². The SMILES string of the molecule is CCCCN(CCCC)c1nc(N(CCCC)CCCC)nc(N(CCCCCCN(c2nc(N(CCCC)C3CC(C)(C)NC(C)(C)C3)nc(N(CCCCCCN(c3nc(N(CCCC)CCCC)nc(N(CCCC)CCCC)n3)C3CC(C)(C)NC(C)(C)C3)C3CC(C)(C)NC(C)(C)C3)n2)C2CC(C)(C)NC(C)(C)C2)C2CC(C)(C)NC(C)(C)C2)n1. The highest BCUT2D eigenvalue weighted by Crippen LogP contribution is 2.42. The summed E-state index contributed by atoms with van der Waals surface area (Å²) in [6.45, 7) is 81.1. The Morgan fingerprint density at radius 3 is 0.440 bits per heavy atom. The van der Waals surface area contributed by atoms with Crippen LogP contribution in [-0.4, -0.2) is 216 Å². The molecule has 0 spiro atoms. The molecular weight excluding hydrogens is 1550 g/mol. The molecule has 0 aliphatic carbocycles.